The molecule has 0 spiro atoms. The second-order valence-corrected chi connectivity index (χ2v) is 4.27. The quantitative estimate of drug-likeness (QED) is 0.728. The topological polar surface area (TPSA) is 46.2 Å². The summed E-state index contributed by atoms with van der Waals surface area (Å²) in [5, 5.41) is 4.50. The first-order chi connectivity index (χ1) is 4.58. The average Bonchev–Trinajstić information content (AvgIpc) is 2.12. The van der Waals surface area contributed by atoms with Crippen molar-refractivity contribution in [2.24, 2.45) is 0 Å². The highest BCUT2D eigenvalue weighted by molar-refractivity contribution is 7.92. The normalized spacial score (nSPS) is 11.3. The molecule has 0 unspecified atom stereocenters. The average molecular weight is 176 g/mol. The fourth-order valence-corrected chi connectivity index (χ4v) is 1.59. The molecule has 0 aliphatic carbocycles. The summed E-state index contributed by atoms with van der Waals surface area (Å²) in [5.41, 5.74) is 0.507. The summed E-state index contributed by atoms with van der Waals surface area (Å²) in [5.74, 6) is 0. The third-order valence-corrected chi connectivity index (χ3v) is 1.97. The van der Waals surface area contributed by atoms with Crippen LogP contribution in [-0.4, -0.2) is 14.7 Å². The maximum Gasteiger partial charge on any atom is 0.229 e. The highest BCUT2D eigenvalue weighted by Gasteiger charge is 2.00. The largest absolute Gasteiger partial charge is 0.282 e. The van der Waals surface area contributed by atoms with Gasteiger partial charge < -0.3 is 0 Å². The SMILES string of the molecule is CS(=O)(=O)Nc1[c]scc1. The highest BCUT2D eigenvalue weighted by atomic mass is 32.2. The lowest BCUT2D eigenvalue weighted by Gasteiger charge is -1.96. The zero-order chi connectivity index (χ0) is 7.61. The summed E-state index contributed by atoms with van der Waals surface area (Å²) < 4.78 is 23.4. The van der Waals surface area contributed by atoms with Crippen molar-refractivity contribution in [2.75, 3.05) is 11.0 Å². The van der Waals surface area contributed by atoms with E-state index in [-0.39, 0.29) is 0 Å². The van der Waals surface area contributed by atoms with Crippen LogP contribution >= 0.6 is 11.3 Å². The van der Waals surface area contributed by atoms with Gasteiger partial charge >= 0.3 is 0 Å². The van der Waals surface area contributed by atoms with Crippen molar-refractivity contribution >= 4 is 27.0 Å². The third-order valence-electron chi connectivity index (χ3n) is 0.767. The van der Waals surface area contributed by atoms with E-state index in [1.54, 1.807) is 11.4 Å². The minimum Gasteiger partial charge on any atom is -0.282 e. The van der Waals surface area contributed by atoms with Gasteiger partial charge in [0.05, 0.1) is 17.3 Å². The van der Waals surface area contributed by atoms with Crippen LogP contribution in [0, 0.1) is 5.38 Å². The van der Waals surface area contributed by atoms with E-state index in [0.29, 0.717) is 5.69 Å². The number of hydrogen-bond acceptors (Lipinski definition) is 3. The maximum absolute atomic E-state index is 10.6. The maximum atomic E-state index is 10.6. The molecule has 10 heavy (non-hydrogen) atoms. The second kappa shape index (κ2) is 2.59. The summed E-state index contributed by atoms with van der Waals surface area (Å²) in [7, 11) is -3.12. The molecule has 1 aromatic rings. The predicted molar refractivity (Wildman–Crippen MR) is 41.6 cm³/mol. The fourth-order valence-electron chi connectivity index (χ4n) is 0.488. The van der Waals surface area contributed by atoms with Crippen LogP contribution in [-0.2, 0) is 10.0 Å². The number of hydrogen-bond donors (Lipinski definition) is 1. The number of rotatable bonds is 2. The molecule has 0 bridgehead atoms. The Morgan fingerprint density at radius 1 is 1.70 bits per heavy atom. The summed E-state index contributed by atoms with van der Waals surface area (Å²) in [6.45, 7) is 0. The van der Waals surface area contributed by atoms with Crippen LogP contribution in [0.15, 0.2) is 11.4 Å². The molecule has 0 saturated carbocycles. The van der Waals surface area contributed by atoms with E-state index in [9.17, 15) is 8.42 Å². The van der Waals surface area contributed by atoms with Crippen molar-refractivity contribution in [2.45, 2.75) is 0 Å². The lowest BCUT2D eigenvalue weighted by atomic mass is 10.6. The Morgan fingerprint density at radius 2 is 2.40 bits per heavy atom. The first-order valence-corrected chi connectivity index (χ1v) is 5.28. The van der Waals surface area contributed by atoms with Crippen LogP contribution in [0.1, 0.15) is 0 Å². The summed E-state index contributed by atoms with van der Waals surface area (Å²) in [6.07, 6.45) is 1.11. The molecular formula is C5H6NO2S2. The zero-order valence-electron chi connectivity index (χ0n) is 5.29. The molecule has 1 heterocycles. The molecule has 0 atom stereocenters. The molecule has 1 radical (unpaired) electrons. The Bertz CT molecular complexity index is 287. The number of sulfonamides is 1. The van der Waals surface area contributed by atoms with Gasteiger partial charge in [0.1, 0.15) is 0 Å². The van der Waals surface area contributed by atoms with E-state index in [2.05, 4.69) is 10.1 Å². The number of anilines is 1. The zero-order valence-corrected chi connectivity index (χ0v) is 6.92. The van der Waals surface area contributed by atoms with Gasteiger partial charge in [-0.3, -0.25) is 4.72 Å². The Balaban J connectivity index is 2.75. The molecule has 55 valence electrons. The minimum atomic E-state index is -3.12. The second-order valence-electron chi connectivity index (χ2n) is 1.81. The molecule has 0 aliphatic rings. The summed E-state index contributed by atoms with van der Waals surface area (Å²) in [6, 6.07) is 1.66. The molecule has 0 fully saturated rings. The lowest BCUT2D eigenvalue weighted by molar-refractivity contribution is 0.607. The van der Waals surface area contributed by atoms with E-state index < -0.39 is 10.0 Å². The van der Waals surface area contributed by atoms with Gasteiger partial charge in [-0.1, -0.05) is 0 Å². The van der Waals surface area contributed by atoms with Gasteiger partial charge in [0.15, 0.2) is 0 Å². The predicted octanol–water partition coefficient (Wildman–Crippen LogP) is 0.920. The number of thiophene rings is 1. The summed E-state index contributed by atoms with van der Waals surface area (Å²) in [4.78, 5) is 0. The van der Waals surface area contributed by atoms with Crippen molar-refractivity contribution in [1.29, 1.82) is 0 Å². The Labute approximate surface area is 63.7 Å². The first kappa shape index (κ1) is 7.56. The van der Waals surface area contributed by atoms with Crippen LogP contribution in [0.4, 0.5) is 5.69 Å². The van der Waals surface area contributed by atoms with Gasteiger partial charge in [-0.05, 0) is 11.4 Å². The molecule has 0 aliphatic heterocycles. The van der Waals surface area contributed by atoms with Crippen LogP contribution in [0.5, 0.6) is 0 Å². The molecule has 1 N–H and O–H groups in total. The van der Waals surface area contributed by atoms with Crippen molar-refractivity contribution in [3.8, 4) is 0 Å². The van der Waals surface area contributed by atoms with Crippen LogP contribution < -0.4 is 4.72 Å². The Hall–Kier alpha value is -0.550. The first-order valence-electron chi connectivity index (χ1n) is 2.51. The van der Waals surface area contributed by atoms with E-state index in [4.69, 9.17) is 0 Å². The molecule has 3 nitrogen and oxygen atoms in total. The van der Waals surface area contributed by atoms with Gasteiger partial charge in [-0.15, -0.1) is 11.3 Å². The van der Waals surface area contributed by atoms with Crippen molar-refractivity contribution in [3.63, 3.8) is 0 Å². The minimum absolute atomic E-state index is 0.507. The lowest BCUT2D eigenvalue weighted by Crippen LogP contribution is -2.08. The van der Waals surface area contributed by atoms with Crippen molar-refractivity contribution < 1.29 is 8.42 Å². The van der Waals surface area contributed by atoms with Gasteiger partial charge in [0.2, 0.25) is 10.0 Å². The van der Waals surface area contributed by atoms with Gasteiger partial charge in [0, 0.05) is 0 Å². The van der Waals surface area contributed by atoms with E-state index in [1.807, 2.05) is 0 Å². The standard InChI is InChI=1S/C5H6NO2S2/c1-10(7,8)6-5-2-3-9-4-5/h2-3,6H,1H3. The molecular weight excluding hydrogens is 170 g/mol. The molecule has 0 amide bonds. The van der Waals surface area contributed by atoms with Gasteiger partial charge in [0.25, 0.3) is 0 Å². The molecule has 0 aromatic carbocycles. The smallest absolute Gasteiger partial charge is 0.229 e. The van der Waals surface area contributed by atoms with Crippen molar-refractivity contribution in [3.05, 3.63) is 16.8 Å². The van der Waals surface area contributed by atoms with Gasteiger partial charge in [-0.25, -0.2) is 8.42 Å². The van der Waals surface area contributed by atoms with E-state index in [1.165, 1.54) is 11.3 Å². The van der Waals surface area contributed by atoms with E-state index >= 15 is 0 Å². The molecule has 0 saturated heterocycles. The van der Waals surface area contributed by atoms with Crippen molar-refractivity contribution in [1.82, 2.24) is 0 Å². The van der Waals surface area contributed by atoms with Crippen LogP contribution in [0.3, 0.4) is 0 Å². The number of nitrogens with one attached hydrogen (secondary N) is 1. The monoisotopic (exact) mass is 176 g/mol. The molecule has 1 aromatic heterocycles. The fraction of sp³-hybridized carbons (Fsp3) is 0.200. The molecule has 5 heteroatoms. The third kappa shape index (κ3) is 2.36. The highest BCUT2D eigenvalue weighted by Crippen LogP contribution is 2.11. The summed E-state index contributed by atoms with van der Waals surface area (Å²) >= 11 is 1.33. The van der Waals surface area contributed by atoms with Crippen LogP contribution in [0.2, 0.25) is 0 Å². The Kier molecular flexibility index (Phi) is 1.96. The van der Waals surface area contributed by atoms with Gasteiger partial charge in [-0.2, -0.15) is 0 Å². The van der Waals surface area contributed by atoms with Crippen LogP contribution in [0.25, 0.3) is 0 Å². The molecule has 1 rings (SSSR count). The Morgan fingerprint density at radius 3 is 2.80 bits per heavy atom. The van der Waals surface area contributed by atoms with E-state index in [0.717, 1.165) is 6.26 Å².